The summed E-state index contributed by atoms with van der Waals surface area (Å²) in [7, 11) is 0. The first-order valence-corrected chi connectivity index (χ1v) is 3.84. The van der Waals surface area contributed by atoms with Crippen LogP contribution < -0.4 is 0 Å². The van der Waals surface area contributed by atoms with Crippen LogP contribution in [0, 0.1) is 11.3 Å². The van der Waals surface area contributed by atoms with Crippen LogP contribution in [0.3, 0.4) is 0 Å². The van der Waals surface area contributed by atoms with Crippen molar-refractivity contribution in [2.45, 2.75) is 6.18 Å². The Balaban J connectivity index is 2.62. The topological polar surface area (TPSA) is 54.0 Å². The molecule has 2 heterocycles. The number of halogens is 3. The molecule has 0 aliphatic carbocycles. The Kier molecular flexibility index (Phi) is 1.86. The molecule has 15 heavy (non-hydrogen) atoms. The molecule has 0 amide bonds. The van der Waals surface area contributed by atoms with Gasteiger partial charge in [0.05, 0.1) is 6.20 Å². The predicted molar refractivity (Wildman–Crippen MR) is 42.7 cm³/mol. The summed E-state index contributed by atoms with van der Waals surface area (Å²) < 4.78 is 37.7. The van der Waals surface area contributed by atoms with Crippen molar-refractivity contribution >= 4 is 5.65 Å². The highest BCUT2D eigenvalue weighted by Gasteiger charge is 2.34. The van der Waals surface area contributed by atoms with Gasteiger partial charge in [-0.25, -0.2) is 9.50 Å². The fourth-order valence-corrected chi connectivity index (χ4v) is 1.08. The highest BCUT2D eigenvalue weighted by atomic mass is 19.4. The molecule has 2 aromatic rings. The van der Waals surface area contributed by atoms with E-state index >= 15 is 0 Å². The van der Waals surface area contributed by atoms with Gasteiger partial charge in [0.2, 0.25) is 0 Å². The van der Waals surface area contributed by atoms with E-state index in [-0.39, 0.29) is 11.3 Å². The standard InChI is InChI=1S/C8H3F3N4/c9-8(10,11)6-4-15-7(13-6)2-1-5(3-12)14-15/h1-2,4H. The number of alkyl halides is 3. The van der Waals surface area contributed by atoms with Crippen LogP contribution >= 0.6 is 0 Å². The smallest absolute Gasteiger partial charge is 0.223 e. The number of rotatable bonds is 0. The SMILES string of the molecule is N#Cc1ccc2nc(C(F)(F)F)cn2n1. The second kappa shape index (κ2) is 2.95. The van der Waals surface area contributed by atoms with Crippen LogP contribution in [0.5, 0.6) is 0 Å². The highest BCUT2D eigenvalue weighted by Crippen LogP contribution is 2.28. The molecule has 0 bridgehead atoms. The molecule has 2 rings (SSSR count). The monoisotopic (exact) mass is 212 g/mol. The van der Waals surface area contributed by atoms with Gasteiger partial charge in [-0.05, 0) is 12.1 Å². The molecule has 0 radical (unpaired) electrons. The van der Waals surface area contributed by atoms with E-state index in [1.165, 1.54) is 12.1 Å². The Hall–Kier alpha value is -2.10. The van der Waals surface area contributed by atoms with E-state index in [1.54, 1.807) is 6.07 Å². The largest absolute Gasteiger partial charge is 0.434 e. The van der Waals surface area contributed by atoms with Crippen LogP contribution in [-0.2, 0) is 6.18 Å². The molecule has 0 aromatic carbocycles. The molecule has 0 saturated heterocycles. The third-order valence-electron chi connectivity index (χ3n) is 1.73. The van der Waals surface area contributed by atoms with Crippen LogP contribution in [0.1, 0.15) is 11.4 Å². The lowest BCUT2D eigenvalue weighted by Crippen LogP contribution is -2.04. The molecule has 4 nitrogen and oxygen atoms in total. The molecule has 0 aliphatic heterocycles. The summed E-state index contributed by atoms with van der Waals surface area (Å²) in [6.07, 6.45) is -3.75. The van der Waals surface area contributed by atoms with E-state index in [2.05, 4.69) is 10.1 Å². The summed E-state index contributed by atoms with van der Waals surface area (Å²) >= 11 is 0. The van der Waals surface area contributed by atoms with Gasteiger partial charge in [0.1, 0.15) is 6.07 Å². The van der Waals surface area contributed by atoms with Gasteiger partial charge in [-0.1, -0.05) is 0 Å². The van der Waals surface area contributed by atoms with Crippen LogP contribution in [0.25, 0.3) is 5.65 Å². The summed E-state index contributed by atoms with van der Waals surface area (Å²) in [5, 5.41) is 12.1. The van der Waals surface area contributed by atoms with Gasteiger partial charge in [0.15, 0.2) is 17.0 Å². The van der Waals surface area contributed by atoms with Crippen molar-refractivity contribution < 1.29 is 13.2 Å². The van der Waals surface area contributed by atoms with Crippen LogP contribution in [0.15, 0.2) is 18.3 Å². The first kappa shape index (κ1) is 9.45. The minimum atomic E-state index is -4.50. The van der Waals surface area contributed by atoms with E-state index in [0.29, 0.717) is 0 Å². The molecule has 0 unspecified atom stereocenters. The molecule has 7 heteroatoms. The Morgan fingerprint density at radius 2 is 2.07 bits per heavy atom. The number of imidazole rings is 1. The molecule has 2 aromatic heterocycles. The summed E-state index contributed by atoms with van der Waals surface area (Å²) in [6, 6.07) is 4.34. The van der Waals surface area contributed by atoms with E-state index in [1.807, 2.05) is 0 Å². The second-order valence-corrected chi connectivity index (χ2v) is 2.76. The fraction of sp³-hybridized carbons (Fsp3) is 0.125. The molecule has 76 valence electrons. The number of hydrogen-bond donors (Lipinski definition) is 0. The number of hydrogen-bond acceptors (Lipinski definition) is 3. The molecule has 0 atom stereocenters. The zero-order chi connectivity index (χ0) is 11.1. The van der Waals surface area contributed by atoms with Gasteiger partial charge < -0.3 is 0 Å². The van der Waals surface area contributed by atoms with Crippen molar-refractivity contribution in [3.8, 4) is 6.07 Å². The first-order chi connectivity index (χ1) is 7.00. The fourth-order valence-electron chi connectivity index (χ4n) is 1.08. The Morgan fingerprint density at radius 1 is 1.33 bits per heavy atom. The predicted octanol–water partition coefficient (Wildman–Crippen LogP) is 1.62. The molecular formula is C8H3F3N4. The zero-order valence-corrected chi connectivity index (χ0v) is 7.15. The summed E-state index contributed by atoms with van der Waals surface area (Å²) in [5.74, 6) is 0. The maximum absolute atomic E-state index is 12.2. The van der Waals surface area contributed by atoms with E-state index < -0.39 is 11.9 Å². The minimum Gasteiger partial charge on any atom is -0.223 e. The molecular weight excluding hydrogens is 209 g/mol. The van der Waals surface area contributed by atoms with Crippen molar-refractivity contribution in [2.75, 3.05) is 0 Å². The maximum atomic E-state index is 12.2. The van der Waals surface area contributed by atoms with Crippen molar-refractivity contribution in [2.24, 2.45) is 0 Å². The van der Waals surface area contributed by atoms with Gasteiger partial charge in [-0.15, -0.1) is 0 Å². The lowest BCUT2D eigenvalue weighted by atomic mass is 10.4. The molecule has 0 N–H and O–H groups in total. The average molecular weight is 212 g/mol. The average Bonchev–Trinajstić information content (AvgIpc) is 2.59. The minimum absolute atomic E-state index is 0.0358. The molecule has 0 spiro atoms. The van der Waals surface area contributed by atoms with Gasteiger partial charge in [0, 0.05) is 0 Å². The maximum Gasteiger partial charge on any atom is 0.434 e. The Morgan fingerprint density at radius 3 is 2.67 bits per heavy atom. The summed E-state index contributed by atoms with van der Waals surface area (Å²) in [6.45, 7) is 0. The Bertz CT molecular complexity index is 549. The lowest BCUT2D eigenvalue weighted by Gasteiger charge is -1.98. The number of aromatic nitrogens is 3. The number of nitriles is 1. The van der Waals surface area contributed by atoms with E-state index in [9.17, 15) is 13.2 Å². The van der Waals surface area contributed by atoms with E-state index in [4.69, 9.17) is 5.26 Å². The highest BCUT2D eigenvalue weighted by molar-refractivity contribution is 5.40. The molecule has 0 fully saturated rings. The van der Waals surface area contributed by atoms with Crippen LogP contribution in [0.4, 0.5) is 13.2 Å². The summed E-state index contributed by atoms with van der Waals surface area (Å²) in [4.78, 5) is 3.33. The number of nitrogens with zero attached hydrogens (tertiary/aromatic N) is 4. The van der Waals surface area contributed by atoms with Gasteiger partial charge >= 0.3 is 6.18 Å². The third-order valence-corrected chi connectivity index (χ3v) is 1.73. The van der Waals surface area contributed by atoms with E-state index in [0.717, 1.165) is 10.7 Å². The van der Waals surface area contributed by atoms with Gasteiger partial charge in [-0.3, -0.25) is 0 Å². The van der Waals surface area contributed by atoms with Crippen molar-refractivity contribution in [1.82, 2.24) is 14.6 Å². The van der Waals surface area contributed by atoms with Crippen molar-refractivity contribution in [3.05, 3.63) is 29.7 Å². The third kappa shape index (κ3) is 1.61. The lowest BCUT2D eigenvalue weighted by molar-refractivity contribution is -0.140. The van der Waals surface area contributed by atoms with Crippen molar-refractivity contribution in [1.29, 1.82) is 5.26 Å². The quantitative estimate of drug-likeness (QED) is 0.666. The first-order valence-electron chi connectivity index (χ1n) is 3.84. The van der Waals surface area contributed by atoms with Gasteiger partial charge in [0.25, 0.3) is 0 Å². The molecule has 0 aliphatic rings. The van der Waals surface area contributed by atoms with Gasteiger partial charge in [-0.2, -0.15) is 23.5 Å². The van der Waals surface area contributed by atoms with Crippen LogP contribution in [-0.4, -0.2) is 14.6 Å². The zero-order valence-electron chi connectivity index (χ0n) is 7.15. The molecule has 0 saturated carbocycles. The Labute approximate surface area is 81.6 Å². The van der Waals surface area contributed by atoms with Crippen molar-refractivity contribution in [3.63, 3.8) is 0 Å². The normalized spacial score (nSPS) is 11.6. The number of fused-ring (bicyclic) bond motifs is 1. The second-order valence-electron chi connectivity index (χ2n) is 2.76. The van der Waals surface area contributed by atoms with Crippen LogP contribution in [0.2, 0.25) is 0 Å². The summed E-state index contributed by atoms with van der Waals surface area (Å²) in [5.41, 5.74) is -0.931.